The van der Waals surface area contributed by atoms with Gasteiger partial charge in [-0.05, 0) is 23.3 Å². The minimum atomic E-state index is -0.920. The fraction of sp³-hybridized carbons (Fsp3) is 0.316. The average Bonchev–Trinajstić information content (AvgIpc) is 3.01. The summed E-state index contributed by atoms with van der Waals surface area (Å²) >= 11 is 12.2. The third-order valence-corrected chi connectivity index (χ3v) is 5.52. The minimum Gasteiger partial charge on any atom is -0.465 e. The number of benzene rings is 2. The second-order valence-electron chi connectivity index (χ2n) is 6.42. The van der Waals surface area contributed by atoms with Gasteiger partial charge in [0, 0.05) is 32.6 Å². The van der Waals surface area contributed by atoms with Crippen molar-refractivity contribution in [1.82, 2.24) is 9.80 Å². The molecule has 25 heavy (non-hydrogen) atoms. The number of carbonyl (C=O) groups is 1. The molecular formula is C19H20Cl2N2O2. The van der Waals surface area contributed by atoms with E-state index in [1.54, 1.807) is 13.1 Å². The molecule has 0 aliphatic carbocycles. The van der Waals surface area contributed by atoms with Gasteiger partial charge in [0.15, 0.2) is 0 Å². The van der Waals surface area contributed by atoms with E-state index in [9.17, 15) is 9.90 Å². The molecule has 0 unspecified atom stereocenters. The van der Waals surface area contributed by atoms with Gasteiger partial charge in [0.2, 0.25) is 0 Å². The molecule has 1 aliphatic heterocycles. The molecule has 2 aromatic rings. The molecule has 0 aromatic heterocycles. The van der Waals surface area contributed by atoms with Crippen LogP contribution < -0.4 is 0 Å². The van der Waals surface area contributed by atoms with Crippen molar-refractivity contribution in [1.29, 1.82) is 0 Å². The number of carboxylic acid groups (broad SMARTS) is 1. The summed E-state index contributed by atoms with van der Waals surface area (Å²) in [5.74, 6) is 0.0552. The second kappa shape index (κ2) is 7.65. The van der Waals surface area contributed by atoms with Gasteiger partial charge >= 0.3 is 6.09 Å². The molecule has 0 radical (unpaired) electrons. The first-order chi connectivity index (χ1) is 12.0. The molecule has 2 atom stereocenters. The molecule has 1 heterocycles. The fourth-order valence-corrected chi connectivity index (χ4v) is 3.75. The third kappa shape index (κ3) is 4.09. The van der Waals surface area contributed by atoms with Crippen molar-refractivity contribution >= 4 is 29.3 Å². The standard InChI is InChI=1S/C19H20Cl2N2O2/c1-22(19(24)25)18-12-23(10-13-5-3-2-4-6-13)11-15(18)14-7-8-16(20)17(21)9-14/h2-9,15,18H,10-12H2,1H3,(H,24,25)/t15-,18-/m0/s1. The van der Waals surface area contributed by atoms with E-state index >= 15 is 0 Å². The number of rotatable bonds is 4. The zero-order chi connectivity index (χ0) is 18.0. The van der Waals surface area contributed by atoms with Crippen molar-refractivity contribution in [2.24, 2.45) is 0 Å². The van der Waals surface area contributed by atoms with Gasteiger partial charge in [-0.15, -0.1) is 0 Å². The maximum atomic E-state index is 11.5. The maximum Gasteiger partial charge on any atom is 0.407 e. The van der Waals surface area contributed by atoms with Crippen LogP contribution in [0.2, 0.25) is 10.0 Å². The maximum absolute atomic E-state index is 11.5. The van der Waals surface area contributed by atoms with Gasteiger partial charge in [0.25, 0.3) is 0 Å². The number of likely N-dealkylation sites (N-methyl/N-ethyl adjacent to an activating group) is 1. The van der Waals surface area contributed by atoms with E-state index in [4.69, 9.17) is 23.2 Å². The molecule has 6 heteroatoms. The third-order valence-electron chi connectivity index (χ3n) is 4.78. The van der Waals surface area contributed by atoms with Gasteiger partial charge in [0.1, 0.15) is 0 Å². The first kappa shape index (κ1) is 18.1. The Morgan fingerprint density at radius 1 is 1.16 bits per heavy atom. The van der Waals surface area contributed by atoms with E-state index < -0.39 is 6.09 Å². The van der Waals surface area contributed by atoms with E-state index in [0.717, 1.165) is 18.7 Å². The zero-order valence-corrected chi connectivity index (χ0v) is 15.4. The number of nitrogens with zero attached hydrogens (tertiary/aromatic N) is 2. The van der Waals surface area contributed by atoms with E-state index in [2.05, 4.69) is 17.0 Å². The van der Waals surface area contributed by atoms with Crippen LogP contribution in [-0.2, 0) is 6.54 Å². The van der Waals surface area contributed by atoms with E-state index in [1.165, 1.54) is 10.5 Å². The molecule has 0 spiro atoms. The second-order valence-corrected chi connectivity index (χ2v) is 7.23. The van der Waals surface area contributed by atoms with Crippen molar-refractivity contribution in [2.75, 3.05) is 20.1 Å². The van der Waals surface area contributed by atoms with Crippen LogP contribution in [0.1, 0.15) is 17.0 Å². The van der Waals surface area contributed by atoms with Crippen molar-refractivity contribution in [3.8, 4) is 0 Å². The number of amides is 1. The molecule has 3 rings (SSSR count). The smallest absolute Gasteiger partial charge is 0.407 e. The summed E-state index contributed by atoms with van der Waals surface area (Å²) in [5, 5.41) is 10.4. The van der Waals surface area contributed by atoms with Gasteiger partial charge in [-0.1, -0.05) is 59.6 Å². The molecule has 1 aliphatic rings. The lowest BCUT2D eigenvalue weighted by Gasteiger charge is -2.27. The quantitative estimate of drug-likeness (QED) is 0.846. The van der Waals surface area contributed by atoms with Gasteiger partial charge in [-0.25, -0.2) is 4.79 Å². The number of hydrogen-bond acceptors (Lipinski definition) is 2. The summed E-state index contributed by atoms with van der Waals surface area (Å²) < 4.78 is 0. The van der Waals surface area contributed by atoms with Crippen molar-refractivity contribution < 1.29 is 9.90 Å². The van der Waals surface area contributed by atoms with Crippen LogP contribution >= 0.6 is 23.2 Å². The predicted octanol–water partition coefficient (Wildman–Crippen LogP) is 4.57. The molecule has 132 valence electrons. The zero-order valence-electron chi connectivity index (χ0n) is 13.9. The molecule has 4 nitrogen and oxygen atoms in total. The van der Waals surface area contributed by atoms with Gasteiger partial charge in [0.05, 0.1) is 16.1 Å². The van der Waals surface area contributed by atoms with Crippen LogP contribution in [0, 0.1) is 0 Å². The van der Waals surface area contributed by atoms with Crippen molar-refractivity contribution in [3.63, 3.8) is 0 Å². The summed E-state index contributed by atoms with van der Waals surface area (Å²) in [6.45, 7) is 2.25. The average molecular weight is 379 g/mol. The van der Waals surface area contributed by atoms with Gasteiger partial charge in [-0.3, -0.25) is 4.90 Å². The van der Waals surface area contributed by atoms with Crippen LogP contribution in [-0.4, -0.2) is 47.2 Å². The lowest BCUT2D eigenvalue weighted by atomic mass is 9.93. The lowest BCUT2D eigenvalue weighted by Crippen LogP contribution is -2.40. The molecule has 2 aromatic carbocycles. The summed E-state index contributed by atoms with van der Waals surface area (Å²) in [6, 6.07) is 15.6. The summed E-state index contributed by atoms with van der Waals surface area (Å²) in [6.07, 6.45) is -0.920. The summed E-state index contributed by atoms with van der Waals surface area (Å²) in [7, 11) is 1.63. The lowest BCUT2D eigenvalue weighted by molar-refractivity contribution is 0.135. The van der Waals surface area contributed by atoms with Crippen LogP contribution in [0.15, 0.2) is 48.5 Å². The normalized spacial score (nSPS) is 20.6. The highest BCUT2D eigenvalue weighted by Gasteiger charge is 2.38. The van der Waals surface area contributed by atoms with Crippen molar-refractivity contribution in [2.45, 2.75) is 18.5 Å². The van der Waals surface area contributed by atoms with Gasteiger partial charge in [-0.2, -0.15) is 0 Å². The Kier molecular flexibility index (Phi) is 5.52. The van der Waals surface area contributed by atoms with E-state index in [-0.39, 0.29) is 12.0 Å². The van der Waals surface area contributed by atoms with Crippen molar-refractivity contribution in [3.05, 3.63) is 69.7 Å². The van der Waals surface area contributed by atoms with Crippen LogP contribution in [0.5, 0.6) is 0 Å². The number of hydrogen-bond donors (Lipinski definition) is 1. The Hall–Kier alpha value is -1.75. The summed E-state index contributed by atoms with van der Waals surface area (Å²) in [4.78, 5) is 15.2. The van der Waals surface area contributed by atoms with Gasteiger partial charge < -0.3 is 10.0 Å². The van der Waals surface area contributed by atoms with E-state index in [1.807, 2.05) is 30.3 Å². The molecule has 1 amide bonds. The fourth-order valence-electron chi connectivity index (χ4n) is 3.44. The first-order valence-electron chi connectivity index (χ1n) is 8.12. The largest absolute Gasteiger partial charge is 0.465 e. The number of halogens is 2. The monoisotopic (exact) mass is 378 g/mol. The highest BCUT2D eigenvalue weighted by atomic mass is 35.5. The Morgan fingerprint density at radius 2 is 1.88 bits per heavy atom. The Bertz CT molecular complexity index is 754. The molecule has 0 saturated carbocycles. The molecular weight excluding hydrogens is 359 g/mol. The molecule has 1 fully saturated rings. The van der Waals surface area contributed by atoms with Crippen LogP contribution in [0.25, 0.3) is 0 Å². The molecule has 1 saturated heterocycles. The van der Waals surface area contributed by atoms with E-state index in [0.29, 0.717) is 16.6 Å². The highest BCUT2D eigenvalue weighted by Crippen LogP contribution is 2.34. The van der Waals surface area contributed by atoms with Crippen LogP contribution in [0.3, 0.4) is 0 Å². The topological polar surface area (TPSA) is 43.8 Å². The Balaban J connectivity index is 1.85. The Labute approximate surface area is 157 Å². The predicted molar refractivity (Wildman–Crippen MR) is 100 cm³/mol. The first-order valence-corrected chi connectivity index (χ1v) is 8.88. The number of likely N-dealkylation sites (tertiary alicyclic amines) is 1. The molecule has 1 N–H and O–H groups in total. The summed E-state index contributed by atoms with van der Waals surface area (Å²) in [5.41, 5.74) is 2.23. The highest BCUT2D eigenvalue weighted by molar-refractivity contribution is 6.42. The Morgan fingerprint density at radius 3 is 2.52 bits per heavy atom. The SMILES string of the molecule is CN(C(=O)O)[C@H]1CN(Cc2ccccc2)C[C@H]1c1ccc(Cl)c(Cl)c1. The molecule has 0 bridgehead atoms. The minimum absolute atomic E-state index is 0.0552. The van der Waals surface area contributed by atoms with Crippen LogP contribution in [0.4, 0.5) is 4.79 Å².